The van der Waals surface area contributed by atoms with Gasteiger partial charge in [-0.2, -0.15) is 0 Å². The van der Waals surface area contributed by atoms with Gasteiger partial charge in [-0.25, -0.2) is 4.98 Å². The van der Waals surface area contributed by atoms with E-state index >= 15 is 0 Å². The van der Waals surface area contributed by atoms with Gasteiger partial charge in [0.2, 0.25) is 5.91 Å². The van der Waals surface area contributed by atoms with E-state index in [1.807, 2.05) is 0 Å². The number of H-pyrrole nitrogens is 1. The fourth-order valence-corrected chi connectivity index (χ4v) is 6.25. The van der Waals surface area contributed by atoms with Crippen molar-refractivity contribution in [2.24, 2.45) is 23.7 Å². The number of nitrogens with one attached hydrogen (secondary N) is 2. The number of nitrogens with zero attached hydrogens (tertiary/aromatic N) is 1. The Kier molecular flexibility index (Phi) is 2.74. The van der Waals surface area contributed by atoms with Crippen molar-refractivity contribution in [2.45, 2.75) is 63.3 Å². The van der Waals surface area contributed by atoms with Crippen molar-refractivity contribution in [2.75, 3.05) is 0 Å². The van der Waals surface area contributed by atoms with Gasteiger partial charge in [0.25, 0.3) is 0 Å². The Morgan fingerprint density at radius 1 is 1.18 bits per heavy atom. The highest BCUT2D eigenvalue weighted by atomic mass is 16.2. The second-order valence-electron chi connectivity index (χ2n) is 8.45. The van der Waals surface area contributed by atoms with Gasteiger partial charge in [0, 0.05) is 23.6 Å². The summed E-state index contributed by atoms with van der Waals surface area (Å²) in [6.07, 6.45) is 12.5. The molecule has 4 fully saturated rings. The van der Waals surface area contributed by atoms with Gasteiger partial charge in [-0.05, 0) is 69.1 Å². The molecule has 2 N–H and O–H groups in total. The van der Waals surface area contributed by atoms with Crippen LogP contribution >= 0.6 is 0 Å². The molecular formula is C18H25N3O. The summed E-state index contributed by atoms with van der Waals surface area (Å²) in [5, 5.41) is 3.54. The number of rotatable bonds is 2. The van der Waals surface area contributed by atoms with Gasteiger partial charge in [-0.3, -0.25) is 4.79 Å². The van der Waals surface area contributed by atoms with Gasteiger partial charge >= 0.3 is 0 Å². The Balaban J connectivity index is 1.31. The molecule has 22 heavy (non-hydrogen) atoms. The Morgan fingerprint density at radius 3 is 2.55 bits per heavy atom. The lowest BCUT2D eigenvalue weighted by Crippen LogP contribution is -2.60. The molecule has 1 aromatic rings. The molecule has 1 aromatic heterocycles. The summed E-state index contributed by atoms with van der Waals surface area (Å²) < 4.78 is 0. The molecule has 1 heterocycles. The molecule has 1 atom stereocenters. The molecule has 5 aliphatic rings. The lowest BCUT2D eigenvalue weighted by Gasteiger charge is -2.57. The topological polar surface area (TPSA) is 57.8 Å². The Hall–Kier alpha value is -1.32. The first kappa shape index (κ1) is 13.1. The molecule has 4 bridgehead atoms. The minimum Gasteiger partial charge on any atom is -0.350 e. The zero-order valence-electron chi connectivity index (χ0n) is 13.1. The number of aromatic nitrogens is 2. The first-order valence-corrected chi connectivity index (χ1v) is 9.02. The minimum atomic E-state index is 0.140. The summed E-state index contributed by atoms with van der Waals surface area (Å²) in [5.74, 6) is 3.11. The number of hydrogen-bond acceptors (Lipinski definition) is 2. The number of carbonyl (C=O) groups excluding carboxylic acids is 1. The van der Waals surface area contributed by atoms with Crippen molar-refractivity contribution in [1.29, 1.82) is 0 Å². The van der Waals surface area contributed by atoms with E-state index in [-0.39, 0.29) is 11.5 Å². The zero-order chi connectivity index (χ0) is 14.7. The Labute approximate surface area is 131 Å². The minimum absolute atomic E-state index is 0.140. The molecule has 1 amide bonds. The predicted molar refractivity (Wildman–Crippen MR) is 83.1 cm³/mol. The van der Waals surface area contributed by atoms with Gasteiger partial charge in [0.05, 0.1) is 12.0 Å². The van der Waals surface area contributed by atoms with Gasteiger partial charge in [-0.1, -0.05) is 0 Å². The van der Waals surface area contributed by atoms with E-state index < -0.39 is 0 Å². The van der Waals surface area contributed by atoms with Crippen LogP contribution in [0.4, 0.5) is 0 Å². The molecule has 4 saturated carbocycles. The number of aromatic amines is 1. The maximum atomic E-state index is 12.9. The first-order chi connectivity index (χ1) is 10.7. The highest BCUT2D eigenvalue weighted by Gasteiger charge is 2.51. The van der Waals surface area contributed by atoms with Crippen LogP contribution in [-0.4, -0.2) is 21.4 Å². The standard InChI is InChI=1S/C18H25N3O/c22-17(14-1-2-15-16(6-14)20-10-19-15)21-18-7-11-3-12(8-18)5-13(4-11)9-18/h10-14H,1-9H2,(H,19,20)(H,21,22). The number of imidazole rings is 1. The predicted octanol–water partition coefficient (Wildman–Crippen LogP) is 2.60. The third-order valence-electron chi connectivity index (χ3n) is 6.79. The molecule has 0 spiro atoms. The molecule has 118 valence electrons. The van der Waals surface area contributed by atoms with Crippen LogP contribution in [0, 0.1) is 23.7 Å². The van der Waals surface area contributed by atoms with Crippen LogP contribution in [0.1, 0.15) is 56.3 Å². The highest BCUT2D eigenvalue weighted by molar-refractivity contribution is 5.80. The van der Waals surface area contributed by atoms with Crippen molar-refractivity contribution in [3.8, 4) is 0 Å². The summed E-state index contributed by atoms with van der Waals surface area (Å²) >= 11 is 0. The number of carbonyl (C=O) groups is 1. The summed E-state index contributed by atoms with van der Waals surface area (Å²) in [6.45, 7) is 0. The number of amides is 1. The molecule has 4 nitrogen and oxygen atoms in total. The van der Waals surface area contributed by atoms with Crippen LogP contribution < -0.4 is 5.32 Å². The molecule has 1 unspecified atom stereocenters. The largest absolute Gasteiger partial charge is 0.350 e. The van der Waals surface area contributed by atoms with E-state index in [0.29, 0.717) is 5.91 Å². The summed E-state index contributed by atoms with van der Waals surface area (Å²) in [4.78, 5) is 20.4. The molecule has 4 heteroatoms. The lowest BCUT2D eigenvalue weighted by molar-refractivity contribution is -0.131. The zero-order valence-corrected chi connectivity index (χ0v) is 13.1. The number of fused-ring (bicyclic) bond motifs is 1. The highest BCUT2D eigenvalue weighted by Crippen LogP contribution is 2.55. The molecule has 5 aliphatic carbocycles. The van der Waals surface area contributed by atoms with Gasteiger partial charge in [-0.15, -0.1) is 0 Å². The maximum absolute atomic E-state index is 12.9. The van der Waals surface area contributed by atoms with Crippen LogP contribution in [0.3, 0.4) is 0 Å². The van der Waals surface area contributed by atoms with Gasteiger partial charge in [0.1, 0.15) is 0 Å². The quantitative estimate of drug-likeness (QED) is 0.882. The van der Waals surface area contributed by atoms with E-state index in [9.17, 15) is 4.79 Å². The third-order valence-corrected chi connectivity index (χ3v) is 6.79. The average Bonchev–Trinajstić information content (AvgIpc) is 2.92. The van der Waals surface area contributed by atoms with Crippen LogP contribution in [0.5, 0.6) is 0 Å². The Bertz CT molecular complexity index is 570. The van der Waals surface area contributed by atoms with Crippen LogP contribution in [0.15, 0.2) is 6.33 Å². The monoisotopic (exact) mass is 299 g/mol. The molecule has 0 saturated heterocycles. The SMILES string of the molecule is O=C(NC12CC3CC(CC(C3)C1)C2)C1CCc2nc[nH]c2C1. The second-order valence-corrected chi connectivity index (χ2v) is 8.45. The summed E-state index contributed by atoms with van der Waals surface area (Å²) in [6, 6.07) is 0. The van der Waals surface area contributed by atoms with Crippen molar-refractivity contribution in [1.82, 2.24) is 15.3 Å². The third kappa shape index (κ3) is 2.03. The van der Waals surface area contributed by atoms with Crippen molar-refractivity contribution in [3.05, 3.63) is 17.7 Å². The van der Waals surface area contributed by atoms with E-state index in [2.05, 4.69) is 15.3 Å². The van der Waals surface area contributed by atoms with Crippen LogP contribution in [-0.2, 0) is 17.6 Å². The van der Waals surface area contributed by atoms with Gasteiger partial charge < -0.3 is 10.3 Å². The normalized spacial score (nSPS) is 42.2. The Morgan fingerprint density at radius 2 is 1.86 bits per heavy atom. The maximum Gasteiger partial charge on any atom is 0.223 e. The first-order valence-electron chi connectivity index (χ1n) is 9.02. The smallest absolute Gasteiger partial charge is 0.223 e. The second kappa shape index (κ2) is 4.59. The number of hydrogen-bond donors (Lipinski definition) is 2. The van der Waals surface area contributed by atoms with Gasteiger partial charge in [0.15, 0.2) is 0 Å². The van der Waals surface area contributed by atoms with E-state index in [1.54, 1.807) is 6.33 Å². The summed E-state index contributed by atoms with van der Waals surface area (Å²) in [5.41, 5.74) is 2.50. The molecular weight excluding hydrogens is 274 g/mol. The summed E-state index contributed by atoms with van der Waals surface area (Å²) in [7, 11) is 0. The van der Waals surface area contributed by atoms with Crippen molar-refractivity contribution >= 4 is 5.91 Å². The van der Waals surface area contributed by atoms with E-state index in [1.165, 1.54) is 49.9 Å². The van der Waals surface area contributed by atoms with Crippen LogP contribution in [0.2, 0.25) is 0 Å². The molecule has 0 aromatic carbocycles. The van der Waals surface area contributed by atoms with Crippen LogP contribution in [0.25, 0.3) is 0 Å². The molecule has 0 aliphatic heterocycles. The van der Waals surface area contributed by atoms with Crippen molar-refractivity contribution in [3.63, 3.8) is 0 Å². The van der Waals surface area contributed by atoms with Crippen molar-refractivity contribution < 1.29 is 4.79 Å². The van der Waals surface area contributed by atoms with E-state index in [0.717, 1.165) is 37.0 Å². The van der Waals surface area contributed by atoms with E-state index in [4.69, 9.17) is 0 Å². The molecule has 0 radical (unpaired) electrons. The number of aryl methyl sites for hydroxylation is 1. The lowest BCUT2D eigenvalue weighted by atomic mass is 9.53. The fourth-order valence-electron chi connectivity index (χ4n) is 6.25. The molecule has 6 rings (SSSR count). The average molecular weight is 299 g/mol. The fraction of sp³-hybridized carbons (Fsp3) is 0.778.